The van der Waals surface area contributed by atoms with Crippen molar-refractivity contribution < 1.29 is 19.2 Å². The molecule has 9 nitrogen and oxygen atoms in total. The molecule has 2 N–H and O–H groups in total. The monoisotopic (exact) mass is 565 g/mol. The number of aromatic nitrogens is 1. The van der Waals surface area contributed by atoms with Gasteiger partial charge in [0.05, 0.1) is 5.56 Å². The minimum Gasteiger partial charge on any atom is -0.331 e. The average Bonchev–Trinajstić information content (AvgIpc) is 3.72. The first kappa shape index (κ1) is 28.7. The highest BCUT2D eigenvalue weighted by molar-refractivity contribution is 6.01. The highest BCUT2D eigenvalue weighted by Gasteiger charge is 2.35. The van der Waals surface area contributed by atoms with Crippen molar-refractivity contribution in [3.63, 3.8) is 0 Å². The molecule has 0 saturated carbocycles. The number of rotatable bonds is 8. The molecule has 2 aliphatic rings. The molecule has 0 aliphatic carbocycles. The summed E-state index contributed by atoms with van der Waals surface area (Å²) in [5, 5.41) is 5.88. The van der Waals surface area contributed by atoms with E-state index in [-0.39, 0.29) is 23.6 Å². The molecule has 0 spiro atoms. The van der Waals surface area contributed by atoms with Crippen LogP contribution in [0.4, 0.5) is 11.4 Å². The number of pyridine rings is 1. The van der Waals surface area contributed by atoms with Crippen LogP contribution in [0.1, 0.15) is 60.5 Å². The number of likely N-dealkylation sites (tertiary alicyclic amines) is 2. The van der Waals surface area contributed by atoms with Crippen LogP contribution in [0.5, 0.6) is 0 Å². The molecule has 3 aromatic rings. The highest BCUT2D eigenvalue weighted by atomic mass is 16.2. The fourth-order valence-corrected chi connectivity index (χ4v) is 5.48. The first-order valence-electron chi connectivity index (χ1n) is 14.4. The minimum atomic E-state index is -0.513. The van der Waals surface area contributed by atoms with Crippen molar-refractivity contribution in [2.75, 3.05) is 23.7 Å². The second kappa shape index (κ2) is 13.2. The smallest absolute Gasteiger partial charge is 0.256 e. The Morgan fingerprint density at radius 2 is 1.31 bits per heavy atom. The lowest BCUT2D eigenvalue weighted by Gasteiger charge is -2.24. The van der Waals surface area contributed by atoms with E-state index in [9.17, 15) is 19.2 Å². The third-order valence-electron chi connectivity index (χ3n) is 7.73. The lowest BCUT2D eigenvalue weighted by molar-refractivity contribution is -0.136. The van der Waals surface area contributed by atoms with Crippen LogP contribution in [0, 0.1) is 0 Å². The molecular formula is C33H35N5O4. The second-order valence-electron chi connectivity index (χ2n) is 10.6. The summed E-state index contributed by atoms with van der Waals surface area (Å²) >= 11 is 0. The van der Waals surface area contributed by atoms with Crippen LogP contribution in [0.15, 0.2) is 73.1 Å². The highest BCUT2D eigenvalue weighted by Crippen LogP contribution is 2.23. The fourth-order valence-electron chi connectivity index (χ4n) is 5.48. The van der Waals surface area contributed by atoms with Gasteiger partial charge in [-0.3, -0.25) is 24.2 Å². The normalized spacial score (nSPS) is 18.3. The van der Waals surface area contributed by atoms with Crippen molar-refractivity contribution in [3.05, 3.63) is 89.7 Å². The molecule has 2 atom stereocenters. The molecule has 42 heavy (non-hydrogen) atoms. The van der Waals surface area contributed by atoms with Gasteiger partial charge in [-0.25, -0.2) is 0 Å². The number of hydrogen-bond acceptors (Lipinski definition) is 5. The quantitative estimate of drug-likeness (QED) is 0.380. The molecule has 4 amide bonds. The lowest BCUT2D eigenvalue weighted by atomic mass is 10.1. The Morgan fingerprint density at radius 1 is 0.786 bits per heavy atom. The van der Waals surface area contributed by atoms with Crippen molar-refractivity contribution in [2.45, 2.75) is 51.1 Å². The number of carbonyl (C=O) groups is 4. The van der Waals surface area contributed by atoms with Crippen molar-refractivity contribution >= 4 is 47.2 Å². The summed E-state index contributed by atoms with van der Waals surface area (Å²) in [4.78, 5) is 58.1. The maximum Gasteiger partial charge on any atom is 0.256 e. The minimum absolute atomic E-state index is 0.0114. The Kier molecular flexibility index (Phi) is 9.06. The Hall–Kier alpha value is -4.79. The summed E-state index contributed by atoms with van der Waals surface area (Å²) in [6.07, 6.45) is 10.4. The lowest BCUT2D eigenvalue weighted by Crippen LogP contribution is -2.43. The first-order chi connectivity index (χ1) is 20.4. The molecule has 2 fully saturated rings. The van der Waals surface area contributed by atoms with E-state index >= 15 is 0 Å². The van der Waals surface area contributed by atoms with Gasteiger partial charge in [-0.05, 0) is 73.2 Å². The van der Waals surface area contributed by atoms with Gasteiger partial charge < -0.3 is 20.4 Å². The summed E-state index contributed by atoms with van der Waals surface area (Å²) in [6, 6.07) is 17.6. The zero-order chi connectivity index (χ0) is 29.5. The number of amides is 4. The van der Waals surface area contributed by atoms with Gasteiger partial charge in [0.1, 0.15) is 12.1 Å². The van der Waals surface area contributed by atoms with Gasteiger partial charge in [0.15, 0.2) is 0 Å². The van der Waals surface area contributed by atoms with E-state index in [1.807, 2.05) is 67.6 Å². The van der Waals surface area contributed by atoms with Crippen LogP contribution in [-0.4, -0.2) is 63.6 Å². The molecule has 0 radical (unpaired) electrons. The van der Waals surface area contributed by atoms with Gasteiger partial charge in [0, 0.05) is 43.3 Å². The van der Waals surface area contributed by atoms with Crippen molar-refractivity contribution in [3.8, 4) is 0 Å². The third-order valence-corrected chi connectivity index (χ3v) is 7.73. The number of benzene rings is 2. The largest absolute Gasteiger partial charge is 0.331 e. The number of hydrogen-bond donors (Lipinski definition) is 2. The third kappa shape index (κ3) is 6.74. The summed E-state index contributed by atoms with van der Waals surface area (Å²) in [5.41, 5.74) is 3.76. The number of nitrogens with zero attached hydrogens (tertiary/aromatic N) is 3. The van der Waals surface area contributed by atoms with Crippen LogP contribution in [0.25, 0.3) is 12.2 Å². The molecular weight excluding hydrogens is 530 g/mol. The maximum atomic E-state index is 13.0. The Morgan fingerprint density at radius 3 is 1.81 bits per heavy atom. The van der Waals surface area contributed by atoms with Gasteiger partial charge in [0.2, 0.25) is 17.7 Å². The summed E-state index contributed by atoms with van der Waals surface area (Å²) in [5.74, 6) is -0.513. The maximum absolute atomic E-state index is 13.0. The average molecular weight is 566 g/mol. The van der Waals surface area contributed by atoms with Crippen LogP contribution in [0.2, 0.25) is 0 Å². The zero-order valence-corrected chi connectivity index (χ0v) is 23.7. The van der Waals surface area contributed by atoms with Crippen molar-refractivity contribution in [1.29, 1.82) is 0 Å². The van der Waals surface area contributed by atoms with E-state index in [1.54, 1.807) is 28.1 Å². The molecule has 0 bridgehead atoms. The van der Waals surface area contributed by atoms with Gasteiger partial charge in [-0.1, -0.05) is 43.3 Å². The van der Waals surface area contributed by atoms with E-state index < -0.39 is 12.1 Å². The van der Waals surface area contributed by atoms with Crippen LogP contribution >= 0.6 is 0 Å². The Bertz CT molecular complexity index is 1450. The molecule has 216 valence electrons. The van der Waals surface area contributed by atoms with E-state index in [0.29, 0.717) is 49.3 Å². The fraction of sp³-hybridized carbons (Fsp3) is 0.303. The summed E-state index contributed by atoms with van der Waals surface area (Å²) < 4.78 is 0. The number of nitrogens with one attached hydrogen (secondary N) is 2. The van der Waals surface area contributed by atoms with Crippen molar-refractivity contribution in [1.82, 2.24) is 14.8 Å². The van der Waals surface area contributed by atoms with Crippen molar-refractivity contribution in [2.24, 2.45) is 0 Å². The van der Waals surface area contributed by atoms with Crippen LogP contribution in [-0.2, 0) is 14.4 Å². The van der Waals surface area contributed by atoms with E-state index in [0.717, 1.165) is 24.0 Å². The summed E-state index contributed by atoms with van der Waals surface area (Å²) in [7, 11) is 0. The zero-order valence-electron chi connectivity index (χ0n) is 23.7. The van der Waals surface area contributed by atoms with Gasteiger partial charge in [-0.2, -0.15) is 0 Å². The molecule has 9 heteroatoms. The number of carbonyl (C=O) groups excluding carboxylic acids is 4. The molecule has 1 aromatic heterocycles. The van der Waals surface area contributed by atoms with Gasteiger partial charge in [-0.15, -0.1) is 0 Å². The first-order valence-corrected chi connectivity index (χ1v) is 14.4. The molecule has 3 heterocycles. The Labute approximate surface area is 245 Å². The second-order valence-corrected chi connectivity index (χ2v) is 10.6. The van der Waals surface area contributed by atoms with Gasteiger partial charge >= 0.3 is 0 Å². The SMILES string of the molecule is CCC(=O)N1CCC[C@H]1C(=O)Nc1ccc(/C=C/c2ccc(NC(=O)C3CCCN3C(=O)c3cccnc3)cc2)cc1. The van der Waals surface area contributed by atoms with Crippen LogP contribution < -0.4 is 10.6 Å². The molecule has 1 unspecified atom stereocenters. The van der Waals surface area contributed by atoms with Crippen LogP contribution in [0.3, 0.4) is 0 Å². The predicted molar refractivity (Wildman–Crippen MR) is 162 cm³/mol. The number of anilines is 2. The van der Waals surface area contributed by atoms with Gasteiger partial charge in [0.25, 0.3) is 5.91 Å². The topological polar surface area (TPSA) is 112 Å². The molecule has 2 aromatic carbocycles. The molecule has 2 saturated heterocycles. The van der Waals surface area contributed by atoms with E-state index in [2.05, 4.69) is 15.6 Å². The predicted octanol–water partition coefficient (Wildman–Crippen LogP) is 4.83. The molecule has 2 aliphatic heterocycles. The standard InChI is InChI=1S/C33H35N5O4/c1-2-30(39)37-20-4-7-28(37)31(40)35-26-15-11-23(12-16-26)9-10-24-13-17-27(18-14-24)36-32(41)29-8-5-21-38(29)33(42)25-6-3-19-34-22-25/h3,6,9-19,22,28-29H,2,4-5,7-8,20-21H2,1H3,(H,35,40)(H,36,41)/b10-9+/t28-,29?/m0/s1. The molecule has 5 rings (SSSR count). The van der Waals surface area contributed by atoms with E-state index in [4.69, 9.17) is 0 Å². The summed E-state index contributed by atoms with van der Waals surface area (Å²) in [6.45, 7) is 2.99. The van der Waals surface area contributed by atoms with E-state index in [1.165, 1.54) is 6.20 Å². The Balaban J connectivity index is 1.14.